The van der Waals surface area contributed by atoms with Crippen molar-refractivity contribution in [2.24, 2.45) is 0 Å². The zero-order chi connectivity index (χ0) is 16.4. The number of halogens is 4. The molecule has 0 aliphatic heterocycles. The SMILES string of the molecule is CC(C)c1cc(Cl)c(CC(C)c2ccc(Cl)cc2Cl)cc1Cl. The van der Waals surface area contributed by atoms with Gasteiger partial charge in [0.2, 0.25) is 0 Å². The van der Waals surface area contributed by atoms with Crippen LogP contribution in [0.2, 0.25) is 20.1 Å². The van der Waals surface area contributed by atoms with Crippen molar-refractivity contribution in [1.82, 2.24) is 0 Å². The van der Waals surface area contributed by atoms with Crippen LogP contribution < -0.4 is 0 Å². The molecule has 4 heteroatoms. The lowest BCUT2D eigenvalue weighted by Gasteiger charge is -2.17. The second-order valence-corrected chi connectivity index (χ2v) is 7.55. The second kappa shape index (κ2) is 7.45. The van der Waals surface area contributed by atoms with Gasteiger partial charge in [-0.2, -0.15) is 0 Å². The van der Waals surface area contributed by atoms with E-state index in [-0.39, 0.29) is 5.92 Å². The van der Waals surface area contributed by atoms with Gasteiger partial charge in [0.05, 0.1) is 0 Å². The van der Waals surface area contributed by atoms with Gasteiger partial charge >= 0.3 is 0 Å². The lowest BCUT2D eigenvalue weighted by atomic mass is 9.92. The Morgan fingerprint density at radius 2 is 1.41 bits per heavy atom. The predicted octanol–water partition coefficient (Wildman–Crippen LogP) is 7.77. The van der Waals surface area contributed by atoms with Crippen LogP contribution in [0.3, 0.4) is 0 Å². The maximum absolute atomic E-state index is 6.43. The van der Waals surface area contributed by atoms with Crippen LogP contribution in [-0.4, -0.2) is 0 Å². The quantitative estimate of drug-likeness (QED) is 0.511. The number of hydrogen-bond donors (Lipinski definition) is 0. The van der Waals surface area contributed by atoms with Crippen molar-refractivity contribution in [3.05, 3.63) is 67.1 Å². The fourth-order valence-corrected chi connectivity index (χ4v) is 3.79. The minimum atomic E-state index is 0.225. The van der Waals surface area contributed by atoms with E-state index in [1.165, 1.54) is 0 Å². The van der Waals surface area contributed by atoms with Gasteiger partial charge in [0.25, 0.3) is 0 Å². The van der Waals surface area contributed by atoms with Gasteiger partial charge in [0, 0.05) is 20.1 Å². The molecule has 1 unspecified atom stereocenters. The van der Waals surface area contributed by atoms with Crippen molar-refractivity contribution in [2.45, 2.75) is 39.0 Å². The van der Waals surface area contributed by atoms with E-state index in [4.69, 9.17) is 46.4 Å². The molecular weight excluding hydrogens is 358 g/mol. The van der Waals surface area contributed by atoms with E-state index < -0.39 is 0 Å². The Hall–Kier alpha value is -0.400. The van der Waals surface area contributed by atoms with Crippen molar-refractivity contribution in [3.8, 4) is 0 Å². The van der Waals surface area contributed by atoms with Crippen LogP contribution in [0.1, 0.15) is 49.3 Å². The summed E-state index contributed by atoms with van der Waals surface area (Å²) in [6, 6.07) is 9.54. The Labute approximate surface area is 152 Å². The fraction of sp³-hybridized carbons (Fsp3) is 0.333. The van der Waals surface area contributed by atoms with Gasteiger partial charge in [0.1, 0.15) is 0 Å². The van der Waals surface area contributed by atoms with E-state index in [0.717, 1.165) is 33.2 Å². The molecule has 0 amide bonds. The molecule has 0 saturated heterocycles. The molecule has 0 nitrogen and oxygen atoms in total. The molecule has 0 fully saturated rings. The van der Waals surface area contributed by atoms with Crippen molar-refractivity contribution >= 4 is 46.4 Å². The van der Waals surface area contributed by atoms with Crippen LogP contribution in [0.4, 0.5) is 0 Å². The molecule has 0 bridgehead atoms. The van der Waals surface area contributed by atoms with Gasteiger partial charge in [-0.3, -0.25) is 0 Å². The average Bonchev–Trinajstić information content (AvgIpc) is 2.41. The van der Waals surface area contributed by atoms with Crippen molar-refractivity contribution in [1.29, 1.82) is 0 Å². The van der Waals surface area contributed by atoms with E-state index in [1.807, 2.05) is 24.3 Å². The summed E-state index contributed by atoms with van der Waals surface area (Å²) >= 11 is 25.0. The molecule has 0 aromatic heterocycles. The summed E-state index contributed by atoms with van der Waals surface area (Å²) in [6.07, 6.45) is 0.776. The highest BCUT2D eigenvalue weighted by Gasteiger charge is 2.15. The lowest BCUT2D eigenvalue weighted by Crippen LogP contribution is -2.01. The average molecular weight is 376 g/mol. The molecule has 0 heterocycles. The third-order valence-corrected chi connectivity index (χ3v) is 5.05. The number of benzene rings is 2. The van der Waals surface area contributed by atoms with E-state index >= 15 is 0 Å². The van der Waals surface area contributed by atoms with Gasteiger partial charge in [-0.25, -0.2) is 0 Å². The zero-order valence-corrected chi connectivity index (χ0v) is 15.8. The summed E-state index contributed by atoms with van der Waals surface area (Å²) in [7, 11) is 0. The monoisotopic (exact) mass is 374 g/mol. The van der Waals surface area contributed by atoms with E-state index in [1.54, 1.807) is 6.07 Å². The summed E-state index contributed by atoms with van der Waals surface area (Å²) in [5.74, 6) is 0.574. The summed E-state index contributed by atoms with van der Waals surface area (Å²) in [6.45, 7) is 6.33. The zero-order valence-electron chi connectivity index (χ0n) is 12.8. The van der Waals surface area contributed by atoms with Gasteiger partial charge in [-0.05, 0) is 59.2 Å². The van der Waals surface area contributed by atoms with Crippen molar-refractivity contribution < 1.29 is 0 Å². The summed E-state index contributed by atoms with van der Waals surface area (Å²) < 4.78 is 0. The molecule has 2 rings (SSSR count). The van der Waals surface area contributed by atoms with Crippen LogP contribution in [-0.2, 0) is 6.42 Å². The maximum atomic E-state index is 6.43. The van der Waals surface area contributed by atoms with E-state index in [9.17, 15) is 0 Å². The Morgan fingerprint density at radius 3 is 2.00 bits per heavy atom. The lowest BCUT2D eigenvalue weighted by molar-refractivity contribution is 0.758. The highest BCUT2D eigenvalue weighted by Crippen LogP contribution is 2.35. The summed E-state index contributed by atoms with van der Waals surface area (Å²) in [5, 5.41) is 2.85. The molecule has 0 aliphatic rings. The van der Waals surface area contributed by atoms with Crippen LogP contribution in [0.15, 0.2) is 30.3 Å². The normalized spacial score (nSPS) is 12.7. The molecule has 22 heavy (non-hydrogen) atoms. The first-order valence-electron chi connectivity index (χ1n) is 7.22. The molecule has 0 aliphatic carbocycles. The summed E-state index contributed by atoms with van der Waals surface area (Å²) in [4.78, 5) is 0. The van der Waals surface area contributed by atoms with Crippen molar-refractivity contribution in [2.75, 3.05) is 0 Å². The molecule has 0 N–H and O–H groups in total. The molecule has 0 radical (unpaired) electrons. The maximum Gasteiger partial charge on any atom is 0.0455 e. The molecule has 1 atom stereocenters. The first kappa shape index (κ1) is 17.9. The third kappa shape index (κ3) is 4.11. The van der Waals surface area contributed by atoms with Gasteiger partial charge in [0.15, 0.2) is 0 Å². The first-order valence-corrected chi connectivity index (χ1v) is 8.73. The second-order valence-electron chi connectivity index (χ2n) is 5.89. The van der Waals surface area contributed by atoms with Crippen molar-refractivity contribution in [3.63, 3.8) is 0 Å². The minimum absolute atomic E-state index is 0.225. The first-order chi connectivity index (χ1) is 10.3. The van der Waals surface area contributed by atoms with Crippen LogP contribution in [0, 0.1) is 0 Å². The Bertz CT molecular complexity index is 677. The van der Waals surface area contributed by atoms with E-state index in [2.05, 4.69) is 20.8 Å². The highest BCUT2D eigenvalue weighted by molar-refractivity contribution is 6.35. The summed E-state index contributed by atoms with van der Waals surface area (Å²) in [5.41, 5.74) is 3.17. The Morgan fingerprint density at radius 1 is 0.773 bits per heavy atom. The number of hydrogen-bond acceptors (Lipinski definition) is 0. The topological polar surface area (TPSA) is 0 Å². The Kier molecular flexibility index (Phi) is 6.07. The van der Waals surface area contributed by atoms with Crippen LogP contribution in [0.5, 0.6) is 0 Å². The third-order valence-electron chi connectivity index (χ3n) is 3.81. The predicted molar refractivity (Wildman–Crippen MR) is 99.1 cm³/mol. The minimum Gasteiger partial charge on any atom is -0.0843 e. The molecule has 2 aromatic carbocycles. The van der Waals surface area contributed by atoms with Gasteiger partial charge in [-0.1, -0.05) is 73.2 Å². The van der Waals surface area contributed by atoms with Crippen LogP contribution in [0.25, 0.3) is 0 Å². The molecule has 0 saturated carbocycles. The highest BCUT2D eigenvalue weighted by atomic mass is 35.5. The number of rotatable bonds is 4. The smallest absolute Gasteiger partial charge is 0.0455 e. The van der Waals surface area contributed by atoms with Crippen LogP contribution >= 0.6 is 46.4 Å². The van der Waals surface area contributed by atoms with Gasteiger partial charge in [-0.15, -0.1) is 0 Å². The standard InChI is InChI=1S/C18H18Cl4/c1-10(2)15-9-16(20)12(7-17(15)21)6-11(3)14-5-4-13(19)8-18(14)22/h4-5,7-11H,6H2,1-3H3. The molecule has 0 spiro atoms. The molecule has 2 aromatic rings. The van der Waals surface area contributed by atoms with Gasteiger partial charge < -0.3 is 0 Å². The largest absolute Gasteiger partial charge is 0.0843 e. The molecule has 118 valence electrons. The molecular formula is C18H18Cl4. The Balaban J connectivity index is 2.28. The van der Waals surface area contributed by atoms with E-state index in [0.29, 0.717) is 16.0 Å². The fourth-order valence-electron chi connectivity index (χ4n) is 2.54.